The van der Waals surface area contributed by atoms with Gasteiger partial charge < -0.3 is 0 Å². The summed E-state index contributed by atoms with van der Waals surface area (Å²) in [5.41, 5.74) is 0.925. The predicted molar refractivity (Wildman–Crippen MR) is 99.4 cm³/mol. The van der Waals surface area contributed by atoms with Crippen molar-refractivity contribution in [3.63, 3.8) is 0 Å². The quantitative estimate of drug-likeness (QED) is 0.787. The van der Waals surface area contributed by atoms with Gasteiger partial charge in [0, 0.05) is 13.6 Å². The van der Waals surface area contributed by atoms with Crippen LogP contribution in [0.4, 0.5) is 5.95 Å². The van der Waals surface area contributed by atoms with Crippen molar-refractivity contribution in [1.82, 2.24) is 18.7 Å². The lowest BCUT2D eigenvalue weighted by Crippen LogP contribution is -2.40. The van der Waals surface area contributed by atoms with E-state index in [0.717, 1.165) is 5.71 Å². The van der Waals surface area contributed by atoms with Crippen molar-refractivity contribution in [3.8, 4) is 0 Å². The molecule has 132 valence electrons. The van der Waals surface area contributed by atoms with Crippen LogP contribution < -0.4 is 16.3 Å². The van der Waals surface area contributed by atoms with E-state index in [1.807, 2.05) is 31.4 Å². The predicted octanol–water partition coefficient (Wildman–Crippen LogP) is 1.42. The second kappa shape index (κ2) is 6.19. The second-order valence-corrected chi connectivity index (χ2v) is 6.07. The molecule has 8 nitrogen and oxygen atoms in total. The van der Waals surface area contributed by atoms with E-state index in [-0.39, 0.29) is 23.8 Å². The summed E-state index contributed by atoms with van der Waals surface area (Å²) in [5.74, 6) is 0.545. The Morgan fingerprint density at radius 3 is 2.64 bits per heavy atom. The molecule has 0 saturated heterocycles. The van der Waals surface area contributed by atoms with Gasteiger partial charge in [0.05, 0.1) is 18.3 Å². The Kier molecular flexibility index (Phi) is 4.20. The summed E-state index contributed by atoms with van der Waals surface area (Å²) in [5, 5.41) is 6.23. The molecule has 0 amide bonds. The number of hydrogen-bond donors (Lipinski definition) is 0. The fourth-order valence-electron chi connectivity index (χ4n) is 3.00. The van der Waals surface area contributed by atoms with Crippen LogP contribution >= 0.6 is 0 Å². The minimum atomic E-state index is -0.383. The first kappa shape index (κ1) is 16.9. The smallest absolute Gasteiger partial charge is 0.294 e. The summed E-state index contributed by atoms with van der Waals surface area (Å²) < 4.78 is 4.50. The molecule has 8 heteroatoms. The van der Waals surface area contributed by atoms with Crippen LogP contribution in [-0.2, 0) is 13.6 Å². The minimum Gasteiger partial charge on any atom is -0.294 e. The first-order chi connectivity index (χ1) is 11.9. The lowest BCUT2D eigenvalue weighted by molar-refractivity contribution is 0.638. The Bertz CT molecular complexity index is 1020. The molecular formula is C17H22N6O2. The average molecular weight is 342 g/mol. The van der Waals surface area contributed by atoms with E-state index in [1.165, 1.54) is 9.13 Å². The third-order valence-corrected chi connectivity index (χ3v) is 4.48. The Labute approximate surface area is 145 Å². The van der Waals surface area contributed by atoms with E-state index in [2.05, 4.69) is 16.7 Å². The van der Waals surface area contributed by atoms with Crippen molar-refractivity contribution in [1.29, 1.82) is 0 Å². The van der Waals surface area contributed by atoms with Crippen LogP contribution in [0.2, 0.25) is 0 Å². The van der Waals surface area contributed by atoms with Gasteiger partial charge in [-0.3, -0.25) is 18.5 Å². The van der Waals surface area contributed by atoms with Gasteiger partial charge in [-0.1, -0.05) is 18.2 Å². The molecule has 3 heterocycles. The van der Waals surface area contributed by atoms with Gasteiger partial charge in [0.2, 0.25) is 5.95 Å². The number of hydrogen-bond acceptors (Lipinski definition) is 5. The maximum atomic E-state index is 13.0. The first-order valence-electron chi connectivity index (χ1n) is 8.18. The molecule has 2 aromatic heterocycles. The number of hydrazone groups is 1. The maximum Gasteiger partial charge on any atom is 0.332 e. The molecule has 2 aromatic rings. The number of imidazole rings is 1. The van der Waals surface area contributed by atoms with Gasteiger partial charge >= 0.3 is 5.69 Å². The van der Waals surface area contributed by atoms with Crippen LogP contribution in [0.5, 0.6) is 0 Å². The SMILES string of the molecule is C=CCN1N=C(C)C(C)n2c1nc1c2c(=O)n(CC=CC)c(=O)n1C. The third kappa shape index (κ3) is 2.45. The van der Waals surface area contributed by atoms with Crippen LogP contribution in [0.15, 0.2) is 39.5 Å². The Morgan fingerprint density at radius 2 is 2.00 bits per heavy atom. The van der Waals surface area contributed by atoms with Crippen LogP contribution in [0.3, 0.4) is 0 Å². The molecule has 25 heavy (non-hydrogen) atoms. The van der Waals surface area contributed by atoms with Crippen LogP contribution in [0.25, 0.3) is 11.2 Å². The Balaban J connectivity index is 2.40. The maximum absolute atomic E-state index is 13.0. The molecule has 1 aliphatic heterocycles. The summed E-state index contributed by atoms with van der Waals surface area (Å²) in [4.78, 5) is 30.1. The Hall–Kier alpha value is -2.90. The molecule has 3 rings (SSSR count). The molecule has 0 aromatic carbocycles. The van der Waals surface area contributed by atoms with Crippen LogP contribution in [0.1, 0.15) is 26.8 Å². The standard InChI is InChI=1S/C17H22N6O2/c1-6-8-10-21-15(24)13-14(20(5)17(21)25)18-16-22(9-7-2)19-11(3)12(4)23(13)16/h6-8,12H,2,9-10H2,1,3-5H3. The summed E-state index contributed by atoms with van der Waals surface area (Å²) in [6.45, 7) is 10.2. The molecule has 0 N–H and O–H groups in total. The summed E-state index contributed by atoms with van der Waals surface area (Å²) in [6, 6.07) is -0.124. The largest absolute Gasteiger partial charge is 0.332 e. The number of nitrogens with zero attached hydrogens (tertiary/aromatic N) is 6. The van der Waals surface area contributed by atoms with Crippen molar-refractivity contribution < 1.29 is 0 Å². The van der Waals surface area contributed by atoms with Crippen LogP contribution in [0, 0.1) is 0 Å². The zero-order valence-corrected chi connectivity index (χ0v) is 14.9. The van der Waals surface area contributed by atoms with Gasteiger partial charge in [-0.25, -0.2) is 9.80 Å². The lowest BCUT2D eigenvalue weighted by Gasteiger charge is -2.28. The number of fused-ring (bicyclic) bond motifs is 3. The van der Waals surface area contributed by atoms with Gasteiger partial charge in [-0.05, 0) is 20.8 Å². The highest BCUT2D eigenvalue weighted by atomic mass is 16.2. The molecule has 1 unspecified atom stereocenters. The van der Waals surface area contributed by atoms with Gasteiger partial charge in [-0.15, -0.1) is 6.58 Å². The van der Waals surface area contributed by atoms with Crippen molar-refractivity contribution >= 4 is 22.8 Å². The fourth-order valence-corrected chi connectivity index (χ4v) is 3.00. The minimum absolute atomic E-state index is 0.124. The number of anilines is 1. The number of aryl methyl sites for hydroxylation is 1. The number of aromatic nitrogens is 4. The zero-order chi connectivity index (χ0) is 18.3. The van der Waals surface area contributed by atoms with E-state index in [0.29, 0.717) is 23.7 Å². The third-order valence-electron chi connectivity index (χ3n) is 4.48. The van der Waals surface area contributed by atoms with E-state index in [1.54, 1.807) is 24.2 Å². The molecule has 0 spiro atoms. The van der Waals surface area contributed by atoms with Crippen LogP contribution in [-0.4, -0.2) is 30.9 Å². The monoisotopic (exact) mass is 342 g/mol. The fraction of sp³-hybridized carbons (Fsp3) is 0.412. The summed E-state index contributed by atoms with van der Waals surface area (Å²) in [7, 11) is 1.63. The van der Waals surface area contributed by atoms with Gasteiger partial charge in [0.1, 0.15) is 0 Å². The van der Waals surface area contributed by atoms with Gasteiger partial charge in [0.25, 0.3) is 5.56 Å². The highest BCUT2D eigenvalue weighted by Gasteiger charge is 2.29. The van der Waals surface area contributed by atoms with Crippen molar-refractivity contribution in [2.24, 2.45) is 12.1 Å². The first-order valence-corrected chi connectivity index (χ1v) is 8.18. The molecular weight excluding hydrogens is 320 g/mol. The van der Waals surface area contributed by atoms with Gasteiger partial charge in [0.15, 0.2) is 11.2 Å². The van der Waals surface area contributed by atoms with Crippen molar-refractivity contribution in [2.45, 2.75) is 33.4 Å². The lowest BCUT2D eigenvalue weighted by atomic mass is 10.2. The molecule has 0 bridgehead atoms. The van der Waals surface area contributed by atoms with Crippen molar-refractivity contribution in [2.75, 3.05) is 11.6 Å². The van der Waals surface area contributed by atoms with Gasteiger partial charge in [-0.2, -0.15) is 10.1 Å². The summed E-state index contributed by atoms with van der Waals surface area (Å²) in [6.07, 6.45) is 5.31. The van der Waals surface area contributed by atoms with E-state index >= 15 is 0 Å². The molecule has 1 atom stereocenters. The molecule has 0 aliphatic carbocycles. The molecule has 0 saturated carbocycles. The molecule has 1 aliphatic rings. The summed E-state index contributed by atoms with van der Waals surface area (Å²) >= 11 is 0. The highest BCUT2D eigenvalue weighted by molar-refractivity contribution is 5.91. The second-order valence-electron chi connectivity index (χ2n) is 6.07. The average Bonchev–Trinajstić information content (AvgIpc) is 2.99. The highest BCUT2D eigenvalue weighted by Crippen LogP contribution is 2.29. The molecule has 0 radical (unpaired) electrons. The van der Waals surface area contributed by atoms with E-state index < -0.39 is 0 Å². The molecule has 0 fully saturated rings. The Morgan fingerprint density at radius 1 is 1.28 bits per heavy atom. The van der Waals surface area contributed by atoms with E-state index in [9.17, 15) is 9.59 Å². The number of allylic oxidation sites excluding steroid dienone is 2. The van der Waals surface area contributed by atoms with E-state index in [4.69, 9.17) is 0 Å². The normalized spacial score (nSPS) is 17.2. The van der Waals surface area contributed by atoms with Crippen molar-refractivity contribution in [3.05, 3.63) is 45.6 Å². The zero-order valence-electron chi connectivity index (χ0n) is 14.9. The topological polar surface area (TPSA) is 77.4 Å². The number of rotatable bonds is 4.